The van der Waals surface area contributed by atoms with Crippen molar-refractivity contribution in [1.29, 1.82) is 0 Å². The van der Waals surface area contributed by atoms with Crippen molar-refractivity contribution in [3.05, 3.63) is 41.7 Å². The summed E-state index contributed by atoms with van der Waals surface area (Å²) >= 11 is 0. The van der Waals surface area contributed by atoms with Gasteiger partial charge in [0.25, 0.3) is 5.91 Å². The predicted octanol–water partition coefficient (Wildman–Crippen LogP) is 2.94. The summed E-state index contributed by atoms with van der Waals surface area (Å²) in [6, 6.07) is 1.57. The third kappa shape index (κ3) is 4.09. The van der Waals surface area contributed by atoms with Crippen molar-refractivity contribution < 1.29 is 27.5 Å². The van der Waals surface area contributed by atoms with Gasteiger partial charge in [0.15, 0.2) is 24.1 Å². The van der Waals surface area contributed by atoms with Gasteiger partial charge in [0.05, 0.1) is 12.1 Å². The number of ether oxygens (including phenoxy) is 1. The van der Waals surface area contributed by atoms with E-state index in [4.69, 9.17) is 4.74 Å². The first-order valence-electron chi connectivity index (χ1n) is 6.73. The fourth-order valence-corrected chi connectivity index (χ4v) is 2.09. The monoisotopic (exact) mass is 313 g/mol. The lowest BCUT2D eigenvalue weighted by Crippen LogP contribution is -2.22. The Hall–Kier alpha value is -2.31. The molecular weight excluding hydrogens is 299 g/mol. The van der Waals surface area contributed by atoms with Crippen molar-refractivity contribution in [3.63, 3.8) is 0 Å². The standard InChI is InChI=1S/C15H14F3NO3/c16-10-5-6-11(15(18)14(10)17)19-12(20)8-22-13(21)7-9-3-1-2-4-9/h1,3,5-6,9H,2,4,7-8H2,(H,19,20)/t9-/m1/s1. The third-order valence-electron chi connectivity index (χ3n) is 3.21. The first kappa shape index (κ1) is 16.1. The van der Waals surface area contributed by atoms with Gasteiger partial charge in [-0.25, -0.2) is 13.2 Å². The summed E-state index contributed by atoms with van der Waals surface area (Å²) in [4.78, 5) is 23.0. The molecule has 0 aromatic heterocycles. The van der Waals surface area contributed by atoms with E-state index in [1.807, 2.05) is 17.5 Å². The van der Waals surface area contributed by atoms with Crippen LogP contribution in [0.4, 0.5) is 18.9 Å². The Morgan fingerprint density at radius 2 is 2.00 bits per heavy atom. The van der Waals surface area contributed by atoms with E-state index < -0.39 is 41.6 Å². The molecule has 0 unspecified atom stereocenters. The second-order valence-corrected chi connectivity index (χ2v) is 4.90. The van der Waals surface area contributed by atoms with E-state index in [0.717, 1.165) is 18.9 Å². The van der Waals surface area contributed by atoms with Crippen LogP contribution >= 0.6 is 0 Å². The molecular formula is C15H14F3NO3. The molecule has 2 rings (SSSR count). The summed E-state index contributed by atoms with van der Waals surface area (Å²) < 4.78 is 43.8. The number of esters is 1. The molecule has 1 aromatic rings. The summed E-state index contributed by atoms with van der Waals surface area (Å²) in [5.74, 6) is -5.80. The second-order valence-electron chi connectivity index (χ2n) is 4.90. The van der Waals surface area contributed by atoms with Crippen molar-refractivity contribution in [2.24, 2.45) is 5.92 Å². The number of carbonyl (C=O) groups excluding carboxylic acids is 2. The Morgan fingerprint density at radius 1 is 1.23 bits per heavy atom. The van der Waals surface area contributed by atoms with Crippen molar-refractivity contribution >= 4 is 17.6 Å². The van der Waals surface area contributed by atoms with Gasteiger partial charge in [-0.05, 0) is 30.9 Å². The highest BCUT2D eigenvalue weighted by Gasteiger charge is 2.18. The average molecular weight is 313 g/mol. The van der Waals surface area contributed by atoms with E-state index in [-0.39, 0.29) is 12.3 Å². The Morgan fingerprint density at radius 3 is 2.68 bits per heavy atom. The van der Waals surface area contributed by atoms with Crippen LogP contribution in [0.25, 0.3) is 0 Å². The molecule has 4 nitrogen and oxygen atoms in total. The van der Waals surface area contributed by atoms with E-state index in [2.05, 4.69) is 0 Å². The van der Waals surface area contributed by atoms with Gasteiger partial charge in [-0.2, -0.15) is 0 Å². The van der Waals surface area contributed by atoms with Crippen LogP contribution in [-0.2, 0) is 14.3 Å². The van der Waals surface area contributed by atoms with Crippen LogP contribution in [0, 0.1) is 23.4 Å². The molecule has 0 fully saturated rings. The van der Waals surface area contributed by atoms with Crippen LogP contribution in [0.1, 0.15) is 19.3 Å². The van der Waals surface area contributed by atoms with Gasteiger partial charge < -0.3 is 10.1 Å². The number of hydrogen-bond acceptors (Lipinski definition) is 3. The highest BCUT2D eigenvalue weighted by atomic mass is 19.2. The van der Waals surface area contributed by atoms with Crippen molar-refractivity contribution in [2.75, 3.05) is 11.9 Å². The molecule has 1 aromatic carbocycles. The number of benzene rings is 1. The molecule has 0 heterocycles. The molecule has 1 N–H and O–H groups in total. The zero-order chi connectivity index (χ0) is 16.1. The quantitative estimate of drug-likeness (QED) is 0.516. The number of rotatable bonds is 5. The molecule has 1 aliphatic rings. The number of nitrogens with one attached hydrogen (secondary N) is 1. The lowest BCUT2D eigenvalue weighted by atomic mass is 10.1. The topological polar surface area (TPSA) is 55.4 Å². The molecule has 0 bridgehead atoms. The summed E-state index contributed by atoms with van der Waals surface area (Å²) in [6.45, 7) is -0.617. The minimum absolute atomic E-state index is 0.110. The van der Waals surface area contributed by atoms with Gasteiger partial charge in [0.1, 0.15) is 0 Å². The van der Waals surface area contributed by atoms with Crippen LogP contribution in [0.2, 0.25) is 0 Å². The number of carbonyl (C=O) groups is 2. The molecule has 0 aliphatic heterocycles. The van der Waals surface area contributed by atoms with Crippen molar-refractivity contribution in [1.82, 2.24) is 0 Å². The Labute approximate surface area is 125 Å². The van der Waals surface area contributed by atoms with Crippen LogP contribution in [-0.4, -0.2) is 18.5 Å². The van der Waals surface area contributed by atoms with Crippen LogP contribution < -0.4 is 5.32 Å². The molecule has 22 heavy (non-hydrogen) atoms. The Bertz CT molecular complexity index is 616. The fourth-order valence-electron chi connectivity index (χ4n) is 2.09. The maximum absolute atomic E-state index is 13.3. The van der Waals surface area contributed by atoms with Gasteiger partial charge in [-0.15, -0.1) is 0 Å². The van der Waals surface area contributed by atoms with Crippen LogP contribution in [0.15, 0.2) is 24.3 Å². The minimum atomic E-state index is -1.68. The molecule has 118 valence electrons. The maximum atomic E-state index is 13.3. The molecule has 0 spiro atoms. The van der Waals surface area contributed by atoms with Gasteiger partial charge in [0, 0.05) is 0 Å². The zero-order valence-corrected chi connectivity index (χ0v) is 11.6. The van der Waals surface area contributed by atoms with E-state index in [9.17, 15) is 22.8 Å². The number of halogens is 3. The van der Waals surface area contributed by atoms with Gasteiger partial charge >= 0.3 is 5.97 Å². The second kappa shape index (κ2) is 7.11. The van der Waals surface area contributed by atoms with Gasteiger partial charge in [-0.3, -0.25) is 9.59 Å². The molecule has 1 aliphatic carbocycles. The normalized spacial score (nSPS) is 16.6. The zero-order valence-electron chi connectivity index (χ0n) is 11.6. The number of anilines is 1. The number of amides is 1. The summed E-state index contributed by atoms with van der Waals surface area (Å²) in [7, 11) is 0. The highest BCUT2D eigenvalue weighted by Crippen LogP contribution is 2.21. The first-order chi connectivity index (χ1) is 10.5. The third-order valence-corrected chi connectivity index (χ3v) is 3.21. The predicted molar refractivity (Wildman–Crippen MR) is 72.4 cm³/mol. The van der Waals surface area contributed by atoms with Crippen molar-refractivity contribution in [2.45, 2.75) is 19.3 Å². The summed E-state index contributed by atoms with van der Waals surface area (Å²) in [6.07, 6.45) is 5.83. The number of hydrogen-bond donors (Lipinski definition) is 1. The largest absolute Gasteiger partial charge is 0.456 e. The lowest BCUT2D eigenvalue weighted by Gasteiger charge is -2.09. The van der Waals surface area contributed by atoms with Crippen molar-refractivity contribution in [3.8, 4) is 0 Å². The van der Waals surface area contributed by atoms with E-state index in [1.54, 1.807) is 0 Å². The van der Waals surface area contributed by atoms with E-state index in [0.29, 0.717) is 6.07 Å². The molecule has 7 heteroatoms. The first-order valence-corrected chi connectivity index (χ1v) is 6.73. The minimum Gasteiger partial charge on any atom is -0.456 e. The highest BCUT2D eigenvalue weighted by molar-refractivity contribution is 5.92. The van der Waals surface area contributed by atoms with Gasteiger partial charge in [0.2, 0.25) is 0 Å². The molecule has 0 saturated carbocycles. The van der Waals surface area contributed by atoms with Crippen LogP contribution in [0.5, 0.6) is 0 Å². The average Bonchev–Trinajstić information content (AvgIpc) is 2.99. The number of allylic oxidation sites excluding steroid dienone is 2. The Kier molecular flexibility index (Phi) is 5.19. The molecule has 1 amide bonds. The lowest BCUT2D eigenvalue weighted by molar-refractivity contribution is -0.147. The van der Waals surface area contributed by atoms with E-state index in [1.165, 1.54) is 0 Å². The smallest absolute Gasteiger partial charge is 0.306 e. The molecule has 0 radical (unpaired) electrons. The summed E-state index contributed by atoms with van der Waals surface area (Å²) in [5, 5.41) is 2.02. The Balaban J connectivity index is 1.81. The fraction of sp³-hybridized carbons (Fsp3) is 0.333. The SMILES string of the molecule is O=C(COC(=O)C[C@@H]1C=CCC1)Nc1ccc(F)c(F)c1F. The van der Waals surface area contributed by atoms with E-state index >= 15 is 0 Å². The van der Waals surface area contributed by atoms with Gasteiger partial charge in [-0.1, -0.05) is 12.2 Å². The maximum Gasteiger partial charge on any atom is 0.306 e. The summed E-state index contributed by atoms with van der Waals surface area (Å²) in [5.41, 5.74) is -0.515. The molecule has 1 atom stereocenters. The molecule has 0 saturated heterocycles. The van der Waals surface area contributed by atoms with Crippen LogP contribution in [0.3, 0.4) is 0 Å².